The average molecular weight is 290 g/mol. The van der Waals surface area contributed by atoms with Crippen molar-refractivity contribution in [1.29, 1.82) is 0 Å². The van der Waals surface area contributed by atoms with Gasteiger partial charge >= 0.3 is 5.97 Å². The number of carbonyl (C=O) groups is 1. The minimum absolute atomic E-state index is 0.273. The van der Waals surface area contributed by atoms with Crippen molar-refractivity contribution < 1.29 is 7.86 Å². The largest absolute Gasteiger partial charge is 0.391 e. The van der Waals surface area contributed by atoms with E-state index in [9.17, 15) is 4.79 Å². The van der Waals surface area contributed by atoms with Crippen LogP contribution in [0.3, 0.4) is 0 Å². The van der Waals surface area contributed by atoms with Gasteiger partial charge in [0.2, 0.25) is 0 Å². The van der Waals surface area contributed by atoms with Gasteiger partial charge in [-0.2, -0.15) is 0 Å². The van der Waals surface area contributed by atoms with E-state index >= 15 is 0 Å². The van der Waals surface area contributed by atoms with Crippen molar-refractivity contribution in [3.05, 3.63) is 35.4 Å². The summed E-state index contributed by atoms with van der Waals surface area (Å²) in [6.07, 6.45) is 0. The van der Waals surface area contributed by atoms with Gasteiger partial charge in [0, 0.05) is 0 Å². The summed E-state index contributed by atoms with van der Waals surface area (Å²) < 4.78 is 4.66. The molecule has 0 aliphatic carbocycles. The lowest BCUT2D eigenvalue weighted by atomic mass is 9.97. The van der Waals surface area contributed by atoms with Crippen molar-refractivity contribution in [2.24, 2.45) is 0 Å². The van der Waals surface area contributed by atoms with E-state index in [1.807, 2.05) is 18.2 Å². The molecule has 2 nitrogen and oxygen atoms in total. The number of rotatable bonds is 2. The van der Waals surface area contributed by atoms with E-state index in [-0.39, 0.29) is 5.97 Å². The highest BCUT2D eigenvalue weighted by molar-refractivity contribution is 14.1. The number of hydrogen-bond donors (Lipinski definition) is 0. The maximum absolute atomic E-state index is 11.3. The summed E-state index contributed by atoms with van der Waals surface area (Å²) in [5.41, 5.74) is 1.69. The Balaban J connectivity index is 3.12. The molecule has 0 saturated heterocycles. The van der Waals surface area contributed by atoms with Gasteiger partial charge < -0.3 is 3.07 Å². The van der Waals surface area contributed by atoms with Crippen LogP contribution in [0.15, 0.2) is 24.3 Å². The average Bonchev–Trinajstić information content (AvgIpc) is 2.16. The van der Waals surface area contributed by atoms with Crippen LogP contribution in [-0.4, -0.2) is 5.97 Å². The second-order valence-corrected chi connectivity index (χ2v) is 3.55. The molecule has 0 radical (unpaired) electrons. The molecule has 1 aromatic rings. The number of benzene rings is 1. The fraction of sp³-hybridized carbons (Fsp3) is 0.300. The van der Waals surface area contributed by atoms with Crippen molar-refractivity contribution in [3.8, 4) is 0 Å². The van der Waals surface area contributed by atoms with Gasteiger partial charge in [-0.15, -0.1) is 0 Å². The SMILES string of the molecule is CC(C)c1ccccc1C(=O)OI. The third kappa shape index (κ3) is 2.43. The molecule has 1 aromatic carbocycles. The van der Waals surface area contributed by atoms with Gasteiger partial charge in [0.05, 0.1) is 5.56 Å². The summed E-state index contributed by atoms with van der Waals surface area (Å²) in [6.45, 7) is 4.11. The molecule has 0 N–H and O–H groups in total. The fourth-order valence-corrected chi connectivity index (χ4v) is 1.47. The minimum atomic E-state index is -0.273. The van der Waals surface area contributed by atoms with Gasteiger partial charge in [-0.1, -0.05) is 32.0 Å². The highest BCUT2D eigenvalue weighted by atomic mass is 127. The smallest absolute Gasteiger partial charge is 0.347 e. The van der Waals surface area contributed by atoms with Crippen LogP contribution in [0.4, 0.5) is 0 Å². The molecule has 0 spiro atoms. The molecule has 3 heteroatoms. The molecular weight excluding hydrogens is 279 g/mol. The molecule has 0 aromatic heterocycles. The summed E-state index contributed by atoms with van der Waals surface area (Å²) in [4.78, 5) is 11.3. The van der Waals surface area contributed by atoms with Crippen molar-refractivity contribution >= 4 is 29.0 Å². The van der Waals surface area contributed by atoms with Gasteiger partial charge in [0.25, 0.3) is 0 Å². The van der Waals surface area contributed by atoms with E-state index < -0.39 is 0 Å². The first-order chi connectivity index (χ1) is 6.16. The molecule has 0 aliphatic rings. The molecule has 0 heterocycles. The third-order valence-corrected chi connectivity index (χ3v) is 2.27. The van der Waals surface area contributed by atoms with Crippen molar-refractivity contribution in [1.82, 2.24) is 0 Å². The van der Waals surface area contributed by atoms with E-state index in [1.54, 1.807) is 29.1 Å². The van der Waals surface area contributed by atoms with Gasteiger partial charge in [-0.05, 0) is 17.5 Å². The predicted octanol–water partition coefficient (Wildman–Crippen LogP) is 3.32. The normalized spacial score (nSPS) is 10.2. The molecule has 0 bridgehead atoms. The molecule has 0 amide bonds. The lowest BCUT2D eigenvalue weighted by molar-refractivity contribution is 0.0799. The van der Waals surface area contributed by atoms with E-state index in [1.165, 1.54) is 0 Å². The molecule has 0 aliphatic heterocycles. The summed E-state index contributed by atoms with van der Waals surface area (Å²) in [5, 5.41) is 0. The highest BCUT2D eigenvalue weighted by Crippen LogP contribution is 2.20. The molecular formula is C10H11IO2. The first kappa shape index (κ1) is 10.5. The molecule has 70 valence electrons. The van der Waals surface area contributed by atoms with Gasteiger partial charge in [-0.3, -0.25) is 0 Å². The third-order valence-electron chi connectivity index (χ3n) is 1.87. The van der Waals surface area contributed by atoms with E-state index in [0.717, 1.165) is 5.56 Å². The van der Waals surface area contributed by atoms with Crippen LogP contribution < -0.4 is 0 Å². The molecule has 0 fully saturated rings. The Kier molecular flexibility index (Phi) is 3.71. The number of halogens is 1. The number of carbonyl (C=O) groups excluding carboxylic acids is 1. The van der Waals surface area contributed by atoms with Crippen LogP contribution in [-0.2, 0) is 3.07 Å². The lowest BCUT2D eigenvalue weighted by Crippen LogP contribution is -2.03. The topological polar surface area (TPSA) is 26.3 Å². The lowest BCUT2D eigenvalue weighted by Gasteiger charge is -2.09. The van der Waals surface area contributed by atoms with Gasteiger partial charge in [0.1, 0.15) is 0 Å². The van der Waals surface area contributed by atoms with Gasteiger partial charge in [0.15, 0.2) is 23.0 Å². The Labute approximate surface area is 92.0 Å². The highest BCUT2D eigenvalue weighted by Gasteiger charge is 2.13. The summed E-state index contributed by atoms with van der Waals surface area (Å²) >= 11 is 1.61. The van der Waals surface area contributed by atoms with E-state index in [2.05, 4.69) is 16.9 Å². The second kappa shape index (κ2) is 4.60. The van der Waals surface area contributed by atoms with Crippen LogP contribution in [0.2, 0.25) is 0 Å². The summed E-state index contributed by atoms with van der Waals surface area (Å²) in [6, 6.07) is 7.51. The maximum Gasteiger partial charge on any atom is 0.347 e. The maximum atomic E-state index is 11.3. The predicted molar refractivity (Wildman–Crippen MR) is 60.0 cm³/mol. The van der Waals surface area contributed by atoms with Crippen molar-refractivity contribution in [2.75, 3.05) is 0 Å². The van der Waals surface area contributed by atoms with Crippen molar-refractivity contribution in [3.63, 3.8) is 0 Å². The summed E-state index contributed by atoms with van der Waals surface area (Å²) in [7, 11) is 0. The molecule has 1 rings (SSSR count). The molecule has 0 atom stereocenters. The van der Waals surface area contributed by atoms with Crippen molar-refractivity contribution in [2.45, 2.75) is 19.8 Å². The Bertz CT molecular complexity index is 308. The van der Waals surface area contributed by atoms with E-state index in [4.69, 9.17) is 0 Å². The Morgan fingerprint density at radius 3 is 2.54 bits per heavy atom. The first-order valence-electron chi connectivity index (χ1n) is 4.08. The van der Waals surface area contributed by atoms with Crippen LogP contribution >= 0.6 is 23.0 Å². The first-order valence-corrected chi connectivity index (χ1v) is 4.96. The standard InChI is InChI=1S/C10H11IO2/c1-7(2)8-5-3-4-6-9(8)10(12)13-11/h3-7H,1-2H3. The summed E-state index contributed by atoms with van der Waals surface area (Å²) in [5.74, 6) is 0.0663. The Morgan fingerprint density at radius 1 is 1.38 bits per heavy atom. The van der Waals surface area contributed by atoms with Crippen LogP contribution in [0.1, 0.15) is 35.7 Å². The van der Waals surface area contributed by atoms with Crippen LogP contribution in [0.5, 0.6) is 0 Å². The zero-order chi connectivity index (χ0) is 9.84. The molecule has 13 heavy (non-hydrogen) atoms. The zero-order valence-corrected chi connectivity index (χ0v) is 9.74. The minimum Gasteiger partial charge on any atom is -0.391 e. The number of hydrogen-bond acceptors (Lipinski definition) is 2. The second-order valence-electron chi connectivity index (χ2n) is 3.11. The zero-order valence-electron chi connectivity index (χ0n) is 7.58. The monoisotopic (exact) mass is 290 g/mol. The van der Waals surface area contributed by atoms with E-state index in [0.29, 0.717) is 11.5 Å². The van der Waals surface area contributed by atoms with Crippen LogP contribution in [0, 0.1) is 0 Å². The molecule has 0 unspecified atom stereocenters. The quantitative estimate of drug-likeness (QED) is 0.781. The fourth-order valence-electron chi connectivity index (χ4n) is 1.23. The van der Waals surface area contributed by atoms with Crippen LogP contribution in [0.25, 0.3) is 0 Å². The Hall–Kier alpha value is -0.580. The molecule has 0 saturated carbocycles. The Morgan fingerprint density at radius 2 is 2.00 bits per heavy atom. The van der Waals surface area contributed by atoms with Gasteiger partial charge in [-0.25, -0.2) is 4.79 Å².